The first-order valence-corrected chi connectivity index (χ1v) is 7.76. The van der Waals surface area contributed by atoms with Crippen LogP contribution in [0.3, 0.4) is 0 Å². The maximum atomic E-state index is 14.0. The smallest absolute Gasteiger partial charge is 0.145 e. The summed E-state index contributed by atoms with van der Waals surface area (Å²) in [6, 6.07) is 15.5. The molecule has 1 aliphatic rings. The van der Waals surface area contributed by atoms with E-state index in [1.54, 1.807) is 12.3 Å². The molecule has 4 rings (SSSR count). The van der Waals surface area contributed by atoms with Crippen molar-refractivity contribution >= 4 is 5.69 Å². The van der Waals surface area contributed by atoms with E-state index in [1.165, 1.54) is 22.8 Å². The lowest BCUT2D eigenvalue weighted by molar-refractivity contribution is 0.590. The second-order valence-electron chi connectivity index (χ2n) is 6.02. The first-order chi connectivity index (χ1) is 11.2. The van der Waals surface area contributed by atoms with Gasteiger partial charge in [-0.05, 0) is 39.9 Å². The topological polar surface area (TPSA) is 38.9 Å². The standard InChI is InChI=1S/C20H17FN2/c1-12(20-18(21)7-4-10-23-20)14-8-9-16-15-6-3-2-5-13(15)11-17(16)19(14)22/h2-10,12H,11,22H2,1H3/t12-/m1/s1. The third-order valence-electron chi connectivity index (χ3n) is 4.73. The predicted molar refractivity (Wildman–Crippen MR) is 90.8 cm³/mol. The first kappa shape index (κ1) is 13.9. The highest BCUT2D eigenvalue weighted by molar-refractivity contribution is 5.82. The van der Waals surface area contributed by atoms with E-state index in [2.05, 4.69) is 23.2 Å². The molecule has 0 spiro atoms. The number of aromatic nitrogens is 1. The molecule has 1 atom stereocenters. The number of benzene rings is 2. The second-order valence-corrected chi connectivity index (χ2v) is 6.02. The SMILES string of the molecule is C[C@H](c1ccc2c(c1N)Cc1ccccc1-2)c1ncccc1F. The molecule has 0 radical (unpaired) electrons. The van der Waals surface area contributed by atoms with Gasteiger partial charge in [0.1, 0.15) is 5.82 Å². The number of fused-ring (bicyclic) bond motifs is 3. The van der Waals surface area contributed by atoms with E-state index in [-0.39, 0.29) is 11.7 Å². The Morgan fingerprint density at radius 3 is 2.70 bits per heavy atom. The van der Waals surface area contributed by atoms with Crippen molar-refractivity contribution in [1.29, 1.82) is 0 Å². The molecule has 1 aromatic heterocycles. The van der Waals surface area contributed by atoms with Gasteiger partial charge < -0.3 is 5.73 Å². The molecule has 114 valence electrons. The lowest BCUT2D eigenvalue weighted by atomic mass is 9.91. The summed E-state index contributed by atoms with van der Waals surface area (Å²) in [6.45, 7) is 1.95. The summed E-state index contributed by atoms with van der Waals surface area (Å²) in [6.07, 6.45) is 2.46. The summed E-state index contributed by atoms with van der Waals surface area (Å²) >= 11 is 0. The van der Waals surface area contributed by atoms with Crippen LogP contribution in [0, 0.1) is 5.82 Å². The third kappa shape index (κ3) is 2.12. The predicted octanol–water partition coefficient (Wildman–Crippen LogP) is 4.53. The molecular formula is C20H17FN2. The number of hydrogen-bond acceptors (Lipinski definition) is 2. The van der Waals surface area contributed by atoms with E-state index >= 15 is 0 Å². The van der Waals surface area contributed by atoms with Crippen LogP contribution in [0.2, 0.25) is 0 Å². The summed E-state index contributed by atoms with van der Waals surface area (Å²) in [7, 11) is 0. The zero-order chi connectivity index (χ0) is 16.0. The molecule has 23 heavy (non-hydrogen) atoms. The molecule has 0 amide bonds. The van der Waals surface area contributed by atoms with Gasteiger partial charge in [-0.3, -0.25) is 4.98 Å². The lowest BCUT2D eigenvalue weighted by Crippen LogP contribution is -2.07. The zero-order valence-corrected chi connectivity index (χ0v) is 12.9. The van der Waals surface area contributed by atoms with Crippen LogP contribution in [-0.2, 0) is 6.42 Å². The van der Waals surface area contributed by atoms with Gasteiger partial charge in [0, 0.05) is 24.2 Å². The highest BCUT2D eigenvalue weighted by Gasteiger charge is 2.24. The van der Waals surface area contributed by atoms with Crippen LogP contribution >= 0.6 is 0 Å². The number of nitrogen functional groups attached to an aromatic ring is 1. The van der Waals surface area contributed by atoms with Crippen molar-refractivity contribution in [3.05, 3.63) is 82.9 Å². The Morgan fingerprint density at radius 2 is 1.87 bits per heavy atom. The first-order valence-electron chi connectivity index (χ1n) is 7.76. The molecule has 3 heteroatoms. The Morgan fingerprint density at radius 1 is 1.04 bits per heavy atom. The molecule has 1 heterocycles. The van der Waals surface area contributed by atoms with Crippen molar-refractivity contribution in [2.75, 3.05) is 5.73 Å². The average Bonchev–Trinajstić information content (AvgIpc) is 2.95. The molecule has 2 nitrogen and oxygen atoms in total. The number of hydrogen-bond donors (Lipinski definition) is 1. The van der Waals surface area contributed by atoms with Crippen LogP contribution in [-0.4, -0.2) is 4.98 Å². The minimum atomic E-state index is -0.289. The summed E-state index contributed by atoms with van der Waals surface area (Å²) < 4.78 is 14.0. The number of rotatable bonds is 2. The fourth-order valence-electron chi connectivity index (χ4n) is 3.49. The highest BCUT2D eigenvalue weighted by atomic mass is 19.1. The van der Waals surface area contributed by atoms with Gasteiger partial charge in [0.05, 0.1) is 5.69 Å². The minimum Gasteiger partial charge on any atom is -0.398 e. The molecule has 0 fully saturated rings. The lowest BCUT2D eigenvalue weighted by Gasteiger charge is -2.17. The molecule has 1 aliphatic carbocycles. The van der Waals surface area contributed by atoms with Crippen molar-refractivity contribution in [3.63, 3.8) is 0 Å². The maximum absolute atomic E-state index is 14.0. The normalized spacial score (nSPS) is 13.5. The fourth-order valence-corrected chi connectivity index (χ4v) is 3.49. The van der Waals surface area contributed by atoms with E-state index in [1.807, 2.05) is 25.1 Å². The highest BCUT2D eigenvalue weighted by Crippen LogP contribution is 2.42. The van der Waals surface area contributed by atoms with Crippen LogP contribution in [0.25, 0.3) is 11.1 Å². The van der Waals surface area contributed by atoms with Crippen LogP contribution in [0.1, 0.15) is 35.2 Å². The van der Waals surface area contributed by atoms with Gasteiger partial charge in [-0.15, -0.1) is 0 Å². The Labute approximate surface area is 134 Å². The average molecular weight is 304 g/mol. The Kier molecular flexibility index (Phi) is 3.15. The van der Waals surface area contributed by atoms with Crippen LogP contribution in [0.5, 0.6) is 0 Å². The third-order valence-corrected chi connectivity index (χ3v) is 4.73. The number of halogens is 1. The Balaban J connectivity index is 1.82. The molecule has 0 saturated carbocycles. The van der Waals surface area contributed by atoms with Gasteiger partial charge in [0.25, 0.3) is 0 Å². The summed E-state index contributed by atoms with van der Waals surface area (Å²) in [4.78, 5) is 4.20. The van der Waals surface area contributed by atoms with Crippen molar-refractivity contribution in [1.82, 2.24) is 4.98 Å². The largest absolute Gasteiger partial charge is 0.398 e. The Hall–Kier alpha value is -2.68. The van der Waals surface area contributed by atoms with Crippen molar-refractivity contribution in [3.8, 4) is 11.1 Å². The minimum absolute atomic E-state index is 0.176. The van der Waals surface area contributed by atoms with Crippen LogP contribution < -0.4 is 5.73 Å². The summed E-state index contributed by atoms with van der Waals surface area (Å²) in [5.74, 6) is -0.464. The van der Waals surface area contributed by atoms with E-state index < -0.39 is 0 Å². The molecule has 0 saturated heterocycles. The van der Waals surface area contributed by atoms with E-state index in [0.717, 1.165) is 23.2 Å². The zero-order valence-electron chi connectivity index (χ0n) is 12.9. The summed E-state index contributed by atoms with van der Waals surface area (Å²) in [5.41, 5.74) is 13.5. The molecule has 0 aliphatic heterocycles. The monoisotopic (exact) mass is 304 g/mol. The second kappa shape index (κ2) is 5.20. The van der Waals surface area contributed by atoms with Gasteiger partial charge in [-0.2, -0.15) is 0 Å². The summed E-state index contributed by atoms with van der Waals surface area (Å²) in [5, 5.41) is 0. The van der Waals surface area contributed by atoms with Gasteiger partial charge in [-0.25, -0.2) is 4.39 Å². The number of nitrogens with zero attached hydrogens (tertiary/aromatic N) is 1. The van der Waals surface area contributed by atoms with Gasteiger partial charge in [-0.1, -0.05) is 43.3 Å². The van der Waals surface area contributed by atoms with Gasteiger partial charge >= 0.3 is 0 Å². The molecule has 0 bridgehead atoms. The van der Waals surface area contributed by atoms with Crippen LogP contribution in [0.15, 0.2) is 54.7 Å². The molecule has 2 N–H and O–H groups in total. The fraction of sp³-hybridized carbons (Fsp3) is 0.150. The van der Waals surface area contributed by atoms with Gasteiger partial charge in [0.2, 0.25) is 0 Å². The number of anilines is 1. The molecule has 3 aromatic rings. The molecular weight excluding hydrogens is 287 g/mol. The van der Waals surface area contributed by atoms with E-state index in [9.17, 15) is 4.39 Å². The van der Waals surface area contributed by atoms with Crippen molar-refractivity contribution in [2.45, 2.75) is 19.3 Å². The molecule has 0 unspecified atom stereocenters. The maximum Gasteiger partial charge on any atom is 0.145 e. The van der Waals surface area contributed by atoms with E-state index in [0.29, 0.717) is 5.69 Å². The number of pyridine rings is 1. The van der Waals surface area contributed by atoms with E-state index in [4.69, 9.17) is 5.73 Å². The van der Waals surface area contributed by atoms with Crippen molar-refractivity contribution in [2.24, 2.45) is 0 Å². The quantitative estimate of drug-likeness (QED) is 0.553. The Bertz CT molecular complexity index is 902. The number of nitrogens with two attached hydrogens (primary N) is 1. The molecule has 2 aromatic carbocycles. The van der Waals surface area contributed by atoms with Crippen molar-refractivity contribution < 1.29 is 4.39 Å². The van der Waals surface area contributed by atoms with Crippen LogP contribution in [0.4, 0.5) is 10.1 Å². The van der Waals surface area contributed by atoms with Gasteiger partial charge in [0.15, 0.2) is 0 Å².